The van der Waals surface area contributed by atoms with Crippen molar-refractivity contribution >= 4 is 11.9 Å². The third kappa shape index (κ3) is 2.53. The van der Waals surface area contributed by atoms with Gasteiger partial charge in [-0.25, -0.2) is 9.48 Å². The summed E-state index contributed by atoms with van der Waals surface area (Å²) in [6.07, 6.45) is 1.33. The Morgan fingerprint density at radius 1 is 1.17 bits per heavy atom. The molecule has 1 aliphatic rings. The molecule has 1 fully saturated rings. The zero-order valence-electron chi connectivity index (χ0n) is 13.8. The Kier molecular flexibility index (Phi) is 4.28. The molecule has 0 radical (unpaired) electrons. The molecule has 0 unspecified atom stereocenters. The normalized spacial score (nSPS) is 20.5. The highest BCUT2D eigenvalue weighted by Crippen LogP contribution is 2.32. The fourth-order valence-electron chi connectivity index (χ4n) is 3.00. The van der Waals surface area contributed by atoms with E-state index in [0.717, 1.165) is 12.0 Å². The summed E-state index contributed by atoms with van der Waals surface area (Å²) < 4.78 is 1.62. The number of carbonyl (C=O) groups is 2. The molecular formula is C16H20N6O2. The van der Waals surface area contributed by atoms with E-state index in [4.69, 9.17) is 0 Å². The number of aromatic nitrogens is 4. The maximum absolute atomic E-state index is 13.0. The first-order chi connectivity index (χ1) is 11.6. The van der Waals surface area contributed by atoms with Crippen LogP contribution in [0.25, 0.3) is 0 Å². The fourth-order valence-corrected chi connectivity index (χ4v) is 3.00. The van der Waals surface area contributed by atoms with Crippen molar-refractivity contribution in [2.75, 3.05) is 0 Å². The van der Waals surface area contributed by atoms with Gasteiger partial charge in [-0.15, -0.1) is 5.10 Å². The van der Waals surface area contributed by atoms with Crippen LogP contribution in [-0.4, -0.2) is 37.0 Å². The molecule has 2 heterocycles. The summed E-state index contributed by atoms with van der Waals surface area (Å²) in [7, 11) is 0. The summed E-state index contributed by atoms with van der Waals surface area (Å²) in [5, 5.41) is 14.3. The van der Waals surface area contributed by atoms with E-state index < -0.39 is 11.6 Å². The van der Waals surface area contributed by atoms with Gasteiger partial charge in [0.05, 0.1) is 6.54 Å². The van der Waals surface area contributed by atoms with E-state index >= 15 is 0 Å². The first-order valence-electron chi connectivity index (χ1n) is 8.07. The van der Waals surface area contributed by atoms with Gasteiger partial charge in [-0.2, -0.15) is 0 Å². The lowest BCUT2D eigenvalue weighted by molar-refractivity contribution is -0.132. The molecule has 1 aromatic carbocycles. The number of aryl methyl sites for hydroxylation is 1. The van der Waals surface area contributed by atoms with Crippen molar-refractivity contribution in [2.24, 2.45) is 0 Å². The van der Waals surface area contributed by atoms with Crippen molar-refractivity contribution in [2.45, 2.75) is 45.3 Å². The third-order valence-corrected chi connectivity index (χ3v) is 4.31. The number of tetrazole rings is 1. The Labute approximate surface area is 139 Å². The van der Waals surface area contributed by atoms with Crippen molar-refractivity contribution in [1.82, 2.24) is 30.4 Å². The maximum atomic E-state index is 13.0. The van der Waals surface area contributed by atoms with Gasteiger partial charge in [0.25, 0.3) is 5.91 Å². The minimum atomic E-state index is -1.03. The molecule has 8 heteroatoms. The van der Waals surface area contributed by atoms with Gasteiger partial charge in [0, 0.05) is 6.54 Å². The van der Waals surface area contributed by atoms with Gasteiger partial charge in [0.2, 0.25) is 0 Å². The molecule has 0 aliphatic carbocycles. The summed E-state index contributed by atoms with van der Waals surface area (Å²) in [5.74, 6) is 0.229. The molecule has 24 heavy (non-hydrogen) atoms. The molecule has 8 nitrogen and oxygen atoms in total. The van der Waals surface area contributed by atoms with Crippen LogP contribution in [0, 0.1) is 0 Å². The number of hydrogen-bond donors (Lipinski definition) is 1. The van der Waals surface area contributed by atoms with Crippen molar-refractivity contribution in [3.8, 4) is 0 Å². The van der Waals surface area contributed by atoms with Crippen molar-refractivity contribution in [1.29, 1.82) is 0 Å². The van der Waals surface area contributed by atoms with Crippen molar-refractivity contribution in [3.05, 3.63) is 41.7 Å². The first-order valence-corrected chi connectivity index (χ1v) is 8.07. The van der Waals surface area contributed by atoms with Crippen LogP contribution in [0.3, 0.4) is 0 Å². The number of nitrogens with zero attached hydrogens (tertiary/aromatic N) is 5. The van der Waals surface area contributed by atoms with Crippen LogP contribution in [0.5, 0.6) is 0 Å². The Bertz CT molecular complexity index is 744. The largest absolute Gasteiger partial charge is 0.325 e. The molecule has 1 atom stereocenters. The standard InChI is InChI=1S/C16H20N6O2/c1-3-10-22-13(18-19-20-22)11-21-14(23)16(4-2,17-15(21)24)12-8-6-5-7-9-12/h5-9H,3-4,10-11H2,1-2H3,(H,17,24)/t16-/m0/s1. The molecule has 0 spiro atoms. The highest BCUT2D eigenvalue weighted by Gasteiger charge is 2.51. The van der Waals surface area contributed by atoms with Gasteiger partial charge in [-0.3, -0.25) is 9.69 Å². The fraction of sp³-hybridized carbons (Fsp3) is 0.438. The average Bonchev–Trinajstić information content (AvgIpc) is 3.14. The van der Waals surface area contributed by atoms with Crippen LogP contribution in [0.15, 0.2) is 30.3 Å². The Balaban J connectivity index is 1.90. The predicted molar refractivity (Wildman–Crippen MR) is 85.6 cm³/mol. The summed E-state index contributed by atoms with van der Waals surface area (Å²) in [6.45, 7) is 4.60. The number of rotatable bonds is 6. The number of urea groups is 1. The minimum Gasteiger partial charge on any atom is -0.319 e. The van der Waals surface area contributed by atoms with Crippen LogP contribution in [0.4, 0.5) is 4.79 Å². The molecule has 2 aromatic rings. The van der Waals surface area contributed by atoms with Gasteiger partial charge in [0.1, 0.15) is 5.54 Å². The molecule has 1 aromatic heterocycles. The first kappa shape index (κ1) is 16.1. The van der Waals surface area contributed by atoms with Crippen LogP contribution in [0.1, 0.15) is 38.1 Å². The Hall–Kier alpha value is -2.77. The summed E-state index contributed by atoms with van der Waals surface area (Å²) in [6, 6.07) is 8.88. The molecule has 0 saturated carbocycles. The number of benzene rings is 1. The Morgan fingerprint density at radius 3 is 2.58 bits per heavy atom. The van der Waals surface area contributed by atoms with Gasteiger partial charge in [-0.05, 0) is 28.8 Å². The zero-order valence-corrected chi connectivity index (χ0v) is 13.8. The quantitative estimate of drug-likeness (QED) is 0.810. The molecule has 0 bridgehead atoms. The zero-order chi connectivity index (χ0) is 17.2. The predicted octanol–water partition coefficient (Wildman–Crippen LogP) is 1.44. The van der Waals surface area contributed by atoms with Crippen LogP contribution in [0.2, 0.25) is 0 Å². The molecule has 1 aliphatic heterocycles. The van der Waals surface area contributed by atoms with E-state index in [2.05, 4.69) is 20.8 Å². The van der Waals surface area contributed by atoms with Crippen LogP contribution in [-0.2, 0) is 23.4 Å². The van der Waals surface area contributed by atoms with E-state index in [-0.39, 0.29) is 12.5 Å². The highest BCUT2D eigenvalue weighted by atomic mass is 16.2. The van der Waals surface area contributed by atoms with E-state index in [1.165, 1.54) is 4.90 Å². The van der Waals surface area contributed by atoms with E-state index in [1.54, 1.807) is 4.68 Å². The topological polar surface area (TPSA) is 93.0 Å². The summed E-state index contributed by atoms with van der Waals surface area (Å²) in [4.78, 5) is 26.7. The number of nitrogens with one attached hydrogen (secondary N) is 1. The van der Waals surface area contributed by atoms with Gasteiger partial charge in [0.15, 0.2) is 5.82 Å². The second-order valence-electron chi connectivity index (χ2n) is 5.76. The number of amides is 3. The van der Waals surface area contributed by atoms with E-state index in [0.29, 0.717) is 18.8 Å². The van der Waals surface area contributed by atoms with E-state index in [1.807, 2.05) is 44.2 Å². The molecule has 3 amide bonds. The average molecular weight is 328 g/mol. The molecule has 1 saturated heterocycles. The highest BCUT2D eigenvalue weighted by molar-refractivity contribution is 6.07. The smallest absolute Gasteiger partial charge is 0.319 e. The lowest BCUT2D eigenvalue weighted by atomic mass is 9.87. The van der Waals surface area contributed by atoms with Crippen LogP contribution >= 0.6 is 0 Å². The summed E-state index contributed by atoms with van der Waals surface area (Å²) in [5.41, 5.74) is -0.247. The van der Waals surface area contributed by atoms with E-state index in [9.17, 15) is 9.59 Å². The second-order valence-corrected chi connectivity index (χ2v) is 5.76. The van der Waals surface area contributed by atoms with Crippen molar-refractivity contribution in [3.63, 3.8) is 0 Å². The SMILES string of the molecule is CCCn1nnnc1CN1C(=O)N[C@@](CC)(c2ccccc2)C1=O. The lowest BCUT2D eigenvalue weighted by Gasteiger charge is -2.25. The molecular weight excluding hydrogens is 308 g/mol. The molecule has 3 rings (SSSR count). The lowest BCUT2D eigenvalue weighted by Crippen LogP contribution is -2.43. The van der Waals surface area contributed by atoms with Crippen LogP contribution < -0.4 is 5.32 Å². The summed E-state index contributed by atoms with van der Waals surface area (Å²) >= 11 is 0. The van der Waals surface area contributed by atoms with Gasteiger partial charge >= 0.3 is 6.03 Å². The Morgan fingerprint density at radius 2 is 1.92 bits per heavy atom. The van der Waals surface area contributed by atoms with Gasteiger partial charge < -0.3 is 5.32 Å². The molecule has 1 N–H and O–H groups in total. The number of carbonyl (C=O) groups excluding carboxylic acids is 2. The third-order valence-electron chi connectivity index (χ3n) is 4.31. The second kappa shape index (κ2) is 6.38. The monoisotopic (exact) mass is 328 g/mol. The van der Waals surface area contributed by atoms with Crippen molar-refractivity contribution < 1.29 is 9.59 Å². The minimum absolute atomic E-state index is 0.0618. The van der Waals surface area contributed by atoms with Gasteiger partial charge in [-0.1, -0.05) is 44.2 Å². The molecule has 126 valence electrons. The number of imide groups is 1. The number of hydrogen-bond acceptors (Lipinski definition) is 5. The maximum Gasteiger partial charge on any atom is 0.325 e.